The van der Waals surface area contributed by atoms with Crippen LogP contribution in [0, 0.1) is 0 Å². The number of carbonyl (C=O) groups is 3. The number of allylic oxidation sites excluding steroid dienone is 8. The first-order valence-corrected chi connectivity index (χ1v) is 31.1. The van der Waals surface area contributed by atoms with Gasteiger partial charge in [0.15, 0.2) is 6.10 Å². The van der Waals surface area contributed by atoms with Crippen LogP contribution >= 0.6 is 0 Å². The molecule has 1 atom stereocenters. The number of esters is 3. The minimum absolute atomic E-state index is 0.0852. The summed E-state index contributed by atoms with van der Waals surface area (Å²) in [6, 6.07) is 0. The first kappa shape index (κ1) is 68.4. The first-order valence-electron chi connectivity index (χ1n) is 31.1. The summed E-state index contributed by atoms with van der Waals surface area (Å²) < 4.78 is 16.9. The van der Waals surface area contributed by atoms with Crippen LogP contribution in [0.25, 0.3) is 0 Å². The molecule has 0 unspecified atom stereocenters. The zero-order valence-electron chi connectivity index (χ0n) is 47.5. The van der Waals surface area contributed by atoms with Gasteiger partial charge in [-0.25, -0.2) is 0 Å². The van der Waals surface area contributed by atoms with E-state index in [1.165, 1.54) is 225 Å². The van der Waals surface area contributed by atoms with Crippen LogP contribution in [0.3, 0.4) is 0 Å². The molecule has 6 heteroatoms. The number of ether oxygens (including phenoxy) is 3. The molecule has 0 bridgehead atoms. The van der Waals surface area contributed by atoms with Gasteiger partial charge in [0.05, 0.1) is 0 Å². The highest BCUT2D eigenvalue weighted by atomic mass is 16.6. The molecule has 0 aliphatic heterocycles. The summed E-state index contributed by atoms with van der Waals surface area (Å²) in [5.41, 5.74) is 0. The molecule has 414 valence electrons. The summed E-state index contributed by atoms with van der Waals surface area (Å²) in [5, 5.41) is 0. The lowest BCUT2D eigenvalue weighted by Gasteiger charge is -2.18. The van der Waals surface area contributed by atoms with Crippen LogP contribution in [-0.2, 0) is 28.6 Å². The van der Waals surface area contributed by atoms with E-state index in [0.29, 0.717) is 25.7 Å². The van der Waals surface area contributed by atoms with Gasteiger partial charge in [-0.3, -0.25) is 14.4 Å². The van der Waals surface area contributed by atoms with E-state index in [-0.39, 0.29) is 31.1 Å². The lowest BCUT2D eigenvalue weighted by atomic mass is 10.0. The molecule has 0 spiro atoms. The highest BCUT2D eigenvalue weighted by molar-refractivity contribution is 5.71. The molecule has 0 saturated carbocycles. The molecule has 0 aromatic carbocycles. The Morgan fingerprint density at radius 2 is 0.521 bits per heavy atom. The Bertz CT molecular complexity index is 1230. The third-order valence-corrected chi connectivity index (χ3v) is 13.8. The molecule has 71 heavy (non-hydrogen) atoms. The predicted molar refractivity (Wildman–Crippen MR) is 307 cm³/mol. The summed E-state index contributed by atoms with van der Waals surface area (Å²) in [6.07, 6.45) is 74.0. The standard InChI is InChI=1S/C65H118O6/c1-4-7-10-13-16-19-22-25-28-30-31-32-33-35-38-41-44-47-50-53-56-59-65(68)71-62(60-69-63(66)57-54-51-48-45-42-39-36-27-24-21-18-15-12-9-6-3)61-70-64(67)58-55-52-49-46-43-40-37-34-29-26-23-20-17-14-11-8-5-2/h25-26,28-29,37,40,46,49,62H,4-24,27,30-36,38-39,41-45,47-48,50-61H2,1-3H3/b28-25-,29-26-,40-37-,49-46-/t62-/m0/s1. The minimum Gasteiger partial charge on any atom is -0.462 e. The molecule has 0 amide bonds. The quantitative estimate of drug-likeness (QED) is 0.0261. The summed E-state index contributed by atoms with van der Waals surface area (Å²) >= 11 is 0. The van der Waals surface area contributed by atoms with Crippen molar-refractivity contribution >= 4 is 17.9 Å². The molecule has 0 aromatic heterocycles. The van der Waals surface area contributed by atoms with Crippen molar-refractivity contribution in [3.63, 3.8) is 0 Å². The normalized spacial score (nSPS) is 12.3. The summed E-state index contributed by atoms with van der Waals surface area (Å²) in [6.45, 7) is 6.63. The summed E-state index contributed by atoms with van der Waals surface area (Å²) in [4.78, 5) is 38.2. The van der Waals surface area contributed by atoms with Crippen LogP contribution in [-0.4, -0.2) is 37.2 Å². The van der Waals surface area contributed by atoms with Crippen LogP contribution in [0.5, 0.6) is 0 Å². The van der Waals surface area contributed by atoms with Crippen molar-refractivity contribution in [2.75, 3.05) is 13.2 Å². The first-order chi connectivity index (χ1) is 35.0. The van der Waals surface area contributed by atoms with Gasteiger partial charge in [-0.15, -0.1) is 0 Å². The second kappa shape index (κ2) is 59.9. The maximum Gasteiger partial charge on any atom is 0.306 e. The molecule has 6 nitrogen and oxygen atoms in total. The Hall–Kier alpha value is -2.63. The molecule has 0 rings (SSSR count). The molecule has 0 heterocycles. The topological polar surface area (TPSA) is 78.9 Å². The Morgan fingerprint density at radius 1 is 0.282 bits per heavy atom. The molecule has 0 N–H and O–H groups in total. The van der Waals surface area contributed by atoms with E-state index >= 15 is 0 Å². The second-order valence-corrected chi connectivity index (χ2v) is 21.0. The van der Waals surface area contributed by atoms with Crippen molar-refractivity contribution < 1.29 is 28.6 Å². The van der Waals surface area contributed by atoms with Gasteiger partial charge in [-0.2, -0.15) is 0 Å². The van der Waals surface area contributed by atoms with Crippen molar-refractivity contribution in [2.45, 2.75) is 335 Å². The molecule has 0 aliphatic carbocycles. The third-order valence-electron chi connectivity index (χ3n) is 13.8. The van der Waals surface area contributed by atoms with Crippen LogP contribution in [0.15, 0.2) is 48.6 Å². The SMILES string of the molecule is CCCCCCCC/C=C\C/C=C\C/C=C\CCCC(=O)OC[C@H](COC(=O)CCCCCCCCCCCCCCCCC)OC(=O)CCCCCCCCCCCCC/C=C\CCCCCCCC. The molecule has 0 fully saturated rings. The molecule has 0 saturated heterocycles. The van der Waals surface area contributed by atoms with Gasteiger partial charge in [-0.1, -0.05) is 281 Å². The van der Waals surface area contributed by atoms with E-state index in [9.17, 15) is 14.4 Å². The molecule has 0 aromatic rings. The number of rotatable bonds is 57. The third kappa shape index (κ3) is 58.1. The van der Waals surface area contributed by atoms with E-state index in [1.807, 2.05) is 0 Å². The number of unbranched alkanes of at least 4 members (excludes halogenated alkanes) is 38. The fourth-order valence-electron chi connectivity index (χ4n) is 9.10. The zero-order chi connectivity index (χ0) is 51.4. The largest absolute Gasteiger partial charge is 0.462 e. The fourth-order valence-corrected chi connectivity index (χ4v) is 9.10. The van der Waals surface area contributed by atoms with Crippen molar-refractivity contribution in [1.82, 2.24) is 0 Å². The highest BCUT2D eigenvalue weighted by Gasteiger charge is 2.19. The summed E-state index contributed by atoms with van der Waals surface area (Å²) in [5.74, 6) is -0.922. The van der Waals surface area contributed by atoms with Gasteiger partial charge in [0.25, 0.3) is 0 Å². The van der Waals surface area contributed by atoms with Crippen LogP contribution in [0.2, 0.25) is 0 Å². The fraction of sp³-hybridized carbons (Fsp3) is 0.831. The molecular weight excluding hydrogens is 877 g/mol. The van der Waals surface area contributed by atoms with E-state index < -0.39 is 6.10 Å². The van der Waals surface area contributed by atoms with Gasteiger partial charge in [0, 0.05) is 19.3 Å². The average Bonchev–Trinajstić information content (AvgIpc) is 3.37. The van der Waals surface area contributed by atoms with E-state index in [0.717, 1.165) is 57.8 Å². The number of hydrogen-bond acceptors (Lipinski definition) is 6. The number of hydrogen-bond donors (Lipinski definition) is 0. The van der Waals surface area contributed by atoms with Crippen molar-refractivity contribution in [1.29, 1.82) is 0 Å². The smallest absolute Gasteiger partial charge is 0.306 e. The van der Waals surface area contributed by atoms with Gasteiger partial charge >= 0.3 is 17.9 Å². The van der Waals surface area contributed by atoms with Gasteiger partial charge in [-0.05, 0) is 77.0 Å². The zero-order valence-corrected chi connectivity index (χ0v) is 47.5. The molecular formula is C65H118O6. The minimum atomic E-state index is -0.792. The van der Waals surface area contributed by atoms with Gasteiger partial charge in [0.2, 0.25) is 0 Å². The van der Waals surface area contributed by atoms with E-state index in [4.69, 9.17) is 14.2 Å². The van der Waals surface area contributed by atoms with Gasteiger partial charge < -0.3 is 14.2 Å². The van der Waals surface area contributed by atoms with E-state index in [2.05, 4.69) is 69.4 Å². The maximum atomic E-state index is 12.9. The van der Waals surface area contributed by atoms with Crippen molar-refractivity contribution in [3.05, 3.63) is 48.6 Å². The van der Waals surface area contributed by atoms with Gasteiger partial charge in [0.1, 0.15) is 13.2 Å². The Balaban J connectivity index is 4.39. The highest BCUT2D eigenvalue weighted by Crippen LogP contribution is 2.17. The monoisotopic (exact) mass is 995 g/mol. The Kier molecular flexibility index (Phi) is 57.7. The summed E-state index contributed by atoms with van der Waals surface area (Å²) in [7, 11) is 0. The lowest BCUT2D eigenvalue weighted by Crippen LogP contribution is -2.30. The van der Waals surface area contributed by atoms with Crippen molar-refractivity contribution in [2.24, 2.45) is 0 Å². The van der Waals surface area contributed by atoms with Crippen LogP contribution in [0.1, 0.15) is 329 Å². The predicted octanol–water partition coefficient (Wildman–Crippen LogP) is 21.0. The second-order valence-electron chi connectivity index (χ2n) is 21.0. The van der Waals surface area contributed by atoms with Crippen LogP contribution < -0.4 is 0 Å². The number of carbonyl (C=O) groups excluding carboxylic acids is 3. The average molecular weight is 996 g/mol. The maximum absolute atomic E-state index is 12.9. The Labute approximate surface area is 441 Å². The molecule has 0 radical (unpaired) electrons. The molecule has 0 aliphatic rings. The van der Waals surface area contributed by atoms with E-state index in [1.54, 1.807) is 0 Å². The Morgan fingerprint density at radius 3 is 0.859 bits per heavy atom. The van der Waals surface area contributed by atoms with Crippen molar-refractivity contribution in [3.8, 4) is 0 Å². The lowest BCUT2D eigenvalue weighted by molar-refractivity contribution is -0.167. The van der Waals surface area contributed by atoms with Crippen LogP contribution in [0.4, 0.5) is 0 Å².